The molecular formula is C11H11ClO4. The van der Waals surface area contributed by atoms with Crippen LogP contribution in [-0.4, -0.2) is 24.2 Å². The fraction of sp³-hybridized carbons (Fsp3) is 0.273. The fourth-order valence-corrected chi connectivity index (χ4v) is 1.52. The summed E-state index contributed by atoms with van der Waals surface area (Å²) < 4.78 is 4.54. The van der Waals surface area contributed by atoms with Crippen molar-refractivity contribution in [1.82, 2.24) is 0 Å². The van der Waals surface area contributed by atoms with E-state index in [1.165, 1.54) is 13.2 Å². The Morgan fingerprint density at radius 1 is 1.44 bits per heavy atom. The number of rotatable bonds is 4. The van der Waals surface area contributed by atoms with E-state index in [0.717, 1.165) is 5.56 Å². The first-order valence-corrected chi connectivity index (χ1v) is 5.01. The zero-order valence-electron chi connectivity index (χ0n) is 8.70. The quantitative estimate of drug-likeness (QED) is 0.822. The predicted octanol–water partition coefficient (Wildman–Crippen LogP) is 2.14. The van der Waals surface area contributed by atoms with E-state index in [2.05, 4.69) is 4.74 Å². The van der Waals surface area contributed by atoms with Crippen molar-refractivity contribution in [2.24, 2.45) is 0 Å². The Bertz CT molecular complexity index is 414. The van der Waals surface area contributed by atoms with Crippen LogP contribution < -0.4 is 0 Å². The van der Waals surface area contributed by atoms with E-state index in [-0.39, 0.29) is 17.0 Å². The molecule has 0 unspecified atom stereocenters. The van der Waals surface area contributed by atoms with Crippen LogP contribution in [-0.2, 0) is 16.0 Å². The lowest BCUT2D eigenvalue weighted by Gasteiger charge is -2.04. The lowest BCUT2D eigenvalue weighted by atomic mass is 10.1. The molecule has 0 saturated carbocycles. The molecule has 0 bridgehead atoms. The van der Waals surface area contributed by atoms with E-state index in [9.17, 15) is 9.59 Å². The van der Waals surface area contributed by atoms with Gasteiger partial charge in [-0.1, -0.05) is 17.7 Å². The van der Waals surface area contributed by atoms with Crippen molar-refractivity contribution >= 4 is 23.5 Å². The average molecular weight is 243 g/mol. The highest BCUT2D eigenvalue weighted by Gasteiger charge is 2.11. The van der Waals surface area contributed by atoms with Crippen molar-refractivity contribution in [1.29, 1.82) is 0 Å². The molecule has 0 heterocycles. The zero-order chi connectivity index (χ0) is 12.1. The number of carboxylic acids is 1. The van der Waals surface area contributed by atoms with Crippen LogP contribution in [0, 0.1) is 0 Å². The Morgan fingerprint density at radius 2 is 2.12 bits per heavy atom. The third kappa shape index (κ3) is 3.24. The van der Waals surface area contributed by atoms with Crippen LogP contribution in [0.3, 0.4) is 0 Å². The van der Waals surface area contributed by atoms with Gasteiger partial charge in [0, 0.05) is 6.42 Å². The SMILES string of the molecule is COC(=O)c1ccc(CCC(=O)O)cc1Cl. The van der Waals surface area contributed by atoms with Crippen LogP contribution in [0.5, 0.6) is 0 Å². The van der Waals surface area contributed by atoms with Gasteiger partial charge in [-0.05, 0) is 24.1 Å². The number of carbonyl (C=O) groups is 2. The summed E-state index contributed by atoms with van der Waals surface area (Å²) >= 11 is 5.87. The van der Waals surface area contributed by atoms with E-state index in [1.54, 1.807) is 12.1 Å². The monoisotopic (exact) mass is 242 g/mol. The summed E-state index contributed by atoms with van der Waals surface area (Å²) in [6, 6.07) is 4.78. The number of carboxylic acid groups (broad SMARTS) is 1. The summed E-state index contributed by atoms with van der Waals surface area (Å²) in [7, 11) is 1.27. The minimum atomic E-state index is -0.867. The molecule has 0 fully saturated rings. The minimum absolute atomic E-state index is 0.0356. The van der Waals surface area contributed by atoms with Gasteiger partial charge in [0.2, 0.25) is 0 Å². The Balaban J connectivity index is 2.82. The van der Waals surface area contributed by atoms with Crippen molar-refractivity contribution in [3.63, 3.8) is 0 Å². The summed E-state index contributed by atoms with van der Waals surface area (Å²) in [6.45, 7) is 0. The molecule has 0 radical (unpaired) electrons. The normalized spacial score (nSPS) is 9.88. The maximum Gasteiger partial charge on any atom is 0.339 e. The van der Waals surface area contributed by atoms with Gasteiger partial charge < -0.3 is 9.84 Å². The number of halogens is 1. The minimum Gasteiger partial charge on any atom is -0.481 e. The van der Waals surface area contributed by atoms with Crippen molar-refractivity contribution in [2.75, 3.05) is 7.11 Å². The number of hydrogen-bond acceptors (Lipinski definition) is 3. The van der Waals surface area contributed by atoms with E-state index >= 15 is 0 Å². The molecule has 1 N–H and O–H groups in total. The van der Waals surface area contributed by atoms with Crippen LogP contribution in [0.25, 0.3) is 0 Å². The van der Waals surface area contributed by atoms with Gasteiger partial charge in [-0.2, -0.15) is 0 Å². The molecule has 0 aromatic heterocycles. The molecular weight excluding hydrogens is 232 g/mol. The number of aryl methyl sites for hydroxylation is 1. The first-order chi connectivity index (χ1) is 7.54. The third-order valence-electron chi connectivity index (χ3n) is 2.07. The van der Waals surface area contributed by atoms with Crippen LogP contribution in [0.4, 0.5) is 0 Å². The Hall–Kier alpha value is -1.55. The van der Waals surface area contributed by atoms with E-state index in [0.29, 0.717) is 6.42 Å². The summed E-state index contributed by atoms with van der Waals surface area (Å²) in [5, 5.41) is 8.79. The number of ether oxygens (including phenoxy) is 1. The molecule has 0 amide bonds. The molecule has 0 saturated heterocycles. The Labute approximate surface area is 97.8 Å². The van der Waals surface area contributed by atoms with E-state index < -0.39 is 11.9 Å². The first kappa shape index (κ1) is 12.5. The summed E-state index contributed by atoms with van der Waals surface area (Å²) in [5.74, 6) is -1.37. The second-order valence-corrected chi connectivity index (χ2v) is 3.61. The predicted molar refractivity (Wildman–Crippen MR) is 58.7 cm³/mol. The second-order valence-electron chi connectivity index (χ2n) is 3.20. The molecule has 5 heteroatoms. The number of esters is 1. The van der Waals surface area contributed by atoms with Gasteiger partial charge >= 0.3 is 11.9 Å². The van der Waals surface area contributed by atoms with Gasteiger partial charge in [0.25, 0.3) is 0 Å². The van der Waals surface area contributed by atoms with E-state index in [1.807, 2.05) is 0 Å². The molecule has 0 spiro atoms. The largest absolute Gasteiger partial charge is 0.481 e. The number of benzene rings is 1. The standard InChI is InChI=1S/C11H11ClO4/c1-16-11(15)8-4-2-7(6-9(8)12)3-5-10(13)14/h2,4,6H,3,5H2,1H3,(H,13,14). The summed E-state index contributed by atoms with van der Waals surface area (Å²) in [6.07, 6.45) is 0.421. The zero-order valence-corrected chi connectivity index (χ0v) is 9.45. The van der Waals surface area contributed by atoms with Crippen LogP contribution in [0.2, 0.25) is 5.02 Å². The van der Waals surface area contributed by atoms with Crippen LogP contribution in [0.1, 0.15) is 22.3 Å². The highest BCUT2D eigenvalue weighted by molar-refractivity contribution is 6.33. The second kappa shape index (κ2) is 5.51. The molecule has 1 aromatic carbocycles. The molecule has 1 rings (SSSR count). The highest BCUT2D eigenvalue weighted by Crippen LogP contribution is 2.19. The van der Waals surface area contributed by atoms with E-state index in [4.69, 9.17) is 16.7 Å². The smallest absolute Gasteiger partial charge is 0.339 e. The molecule has 1 aromatic rings. The molecule has 16 heavy (non-hydrogen) atoms. The number of carbonyl (C=O) groups excluding carboxylic acids is 1. The topological polar surface area (TPSA) is 63.6 Å². The molecule has 0 aliphatic carbocycles. The van der Waals surface area contributed by atoms with Crippen molar-refractivity contribution in [3.8, 4) is 0 Å². The maximum atomic E-state index is 11.2. The van der Waals surface area contributed by atoms with Crippen molar-refractivity contribution < 1.29 is 19.4 Å². The lowest BCUT2D eigenvalue weighted by Crippen LogP contribution is -2.03. The maximum absolute atomic E-state index is 11.2. The van der Waals surface area contributed by atoms with Gasteiger partial charge in [-0.3, -0.25) is 4.79 Å². The molecule has 4 nitrogen and oxygen atoms in total. The molecule has 86 valence electrons. The molecule has 0 atom stereocenters. The lowest BCUT2D eigenvalue weighted by molar-refractivity contribution is -0.136. The first-order valence-electron chi connectivity index (χ1n) is 4.63. The molecule has 0 aliphatic rings. The molecule has 0 aliphatic heterocycles. The summed E-state index contributed by atoms with van der Waals surface area (Å²) in [4.78, 5) is 21.6. The number of methoxy groups -OCH3 is 1. The Morgan fingerprint density at radius 3 is 2.62 bits per heavy atom. The van der Waals surface area contributed by atoms with Gasteiger partial charge in [-0.25, -0.2) is 4.79 Å². The van der Waals surface area contributed by atoms with Gasteiger partial charge in [0.15, 0.2) is 0 Å². The average Bonchev–Trinajstić information content (AvgIpc) is 2.25. The third-order valence-corrected chi connectivity index (χ3v) is 2.38. The van der Waals surface area contributed by atoms with Gasteiger partial charge in [0.1, 0.15) is 0 Å². The van der Waals surface area contributed by atoms with Crippen LogP contribution in [0.15, 0.2) is 18.2 Å². The van der Waals surface area contributed by atoms with Crippen molar-refractivity contribution in [2.45, 2.75) is 12.8 Å². The highest BCUT2D eigenvalue weighted by atomic mass is 35.5. The number of aliphatic carboxylic acids is 1. The van der Waals surface area contributed by atoms with Crippen molar-refractivity contribution in [3.05, 3.63) is 34.3 Å². The van der Waals surface area contributed by atoms with Gasteiger partial charge in [-0.15, -0.1) is 0 Å². The van der Waals surface area contributed by atoms with Gasteiger partial charge in [0.05, 0.1) is 17.7 Å². The Kier molecular flexibility index (Phi) is 4.31. The number of hydrogen-bond donors (Lipinski definition) is 1. The summed E-state index contributed by atoms with van der Waals surface area (Å²) in [5.41, 5.74) is 1.06. The van der Waals surface area contributed by atoms with Crippen LogP contribution >= 0.6 is 11.6 Å². The fourth-order valence-electron chi connectivity index (χ4n) is 1.24.